The van der Waals surface area contributed by atoms with Gasteiger partial charge in [-0.2, -0.15) is 0 Å². The van der Waals surface area contributed by atoms with Crippen LogP contribution in [0.2, 0.25) is 0 Å². The van der Waals surface area contributed by atoms with Gasteiger partial charge in [-0.05, 0) is 37.9 Å². The van der Waals surface area contributed by atoms with Gasteiger partial charge in [0.2, 0.25) is 0 Å². The van der Waals surface area contributed by atoms with E-state index < -0.39 is 0 Å². The van der Waals surface area contributed by atoms with Crippen molar-refractivity contribution in [3.05, 3.63) is 35.9 Å². The van der Waals surface area contributed by atoms with Crippen LogP contribution in [0.1, 0.15) is 38.2 Å². The number of carbonyl (C=O) groups excluding carboxylic acids is 1. The third-order valence-corrected chi connectivity index (χ3v) is 2.97. The third-order valence-electron chi connectivity index (χ3n) is 2.97. The molecule has 1 amide bonds. The smallest absolute Gasteiger partial charge is 0.407 e. The van der Waals surface area contributed by atoms with Crippen LogP contribution in [-0.2, 0) is 11.3 Å². The van der Waals surface area contributed by atoms with Gasteiger partial charge in [0.15, 0.2) is 0 Å². The van der Waals surface area contributed by atoms with Gasteiger partial charge < -0.3 is 15.4 Å². The second kappa shape index (κ2) is 11.3. The summed E-state index contributed by atoms with van der Waals surface area (Å²) >= 11 is 0. The SMILES string of the molecule is CCCCNCCCCNC(=O)OCc1ccccc1. The van der Waals surface area contributed by atoms with E-state index in [1.165, 1.54) is 12.8 Å². The molecule has 1 aromatic rings. The second-order valence-corrected chi connectivity index (χ2v) is 4.80. The summed E-state index contributed by atoms with van der Waals surface area (Å²) in [5.41, 5.74) is 1.00. The zero-order valence-electron chi connectivity index (χ0n) is 12.4. The molecule has 20 heavy (non-hydrogen) atoms. The summed E-state index contributed by atoms with van der Waals surface area (Å²) in [5.74, 6) is 0. The van der Waals surface area contributed by atoms with Crippen LogP contribution in [0.3, 0.4) is 0 Å². The van der Waals surface area contributed by atoms with Crippen LogP contribution in [-0.4, -0.2) is 25.7 Å². The van der Waals surface area contributed by atoms with Crippen molar-refractivity contribution < 1.29 is 9.53 Å². The molecule has 0 unspecified atom stereocenters. The lowest BCUT2D eigenvalue weighted by Gasteiger charge is -2.07. The van der Waals surface area contributed by atoms with E-state index in [0.29, 0.717) is 13.2 Å². The topological polar surface area (TPSA) is 50.4 Å². The lowest BCUT2D eigenvalue weighted by Crippen LogP contribution is -2.26. The normalized spacial score (nSPS) is 10.2. The number of hydrogen-bond acceptors (Lipinski definition) is 3. The van der Waals surface area contributed by atoms with Crippen molar-refractivity contribution in [3.63, 3.8) is 0 Å². The van der Waals surface area contributed by atoms with Crippen LogP contribution in [0.15, 0.2) is 30.3 Å². The van der Waals surface area contributed by atoms with Crippen LogP contribution >= 0.6 is 0 Å². The van der Waals surface area contributed by atoms with E-state index in [-0.39, 0.29) is 6.09 Å². The number of ether oxygens (including phenoxy) is 1. The average Bonchev–Trinajstić information content (AvgIpc) is 2.49. The summed E-state index contributed by atoms with van der Waals surface area (Å²) in [5, 5.41) is 6.14. The van der Waals surface area contributed by atoms with E-state index in [2.05, 4.69) is 17.6 Å². The Balaban J connectivity index is 1.93. The molecule has 0 atom stereocenters. The Hall–Kier alpha value is -1.55. The van der Waals surface area contributed by atoms with Gasteiger partial charge >= 0.3 is 6.09 Å². The monoisotopic (exact) mass is 278 g/mol. The van der Waals surface area contributed by atoms with Gasteiger partial charge in [-0.25, -0.2) is 4.79 Å². The van der Waals surface area contributed by atoms with Crippen LogP contribution < -0.4 is 10.6 Å². The van der Waals surface area contributed by atoms with Gasteiger partial charge in [-0.15, -0.1) is 0 Å². The number of nitrogens with one attached hydrogen (secondary N) is 2. The molecule has 0 aliphatic rings. The van der Waals surface area contributed by atoms with E-state index in [0.717, 1.165) is 31.5 Å². The molecule has 0 fully saturated rings. The molecule has 0 saturated carbocycles. The van der Waals surface area contributed by atoms with Gasteiger partial charge in [0.05, 0.1) is 0 Å². The van der Waals surface area contributed by atoms with Crippen LogP contribution in [0.25, 0.3) is 0 Å². The van der Waals surface area contributed by atoms with E-state index in [1.54, 1.807) is 0 Å². The molecule has 0 aliphatic carbocycles. The van der Waals surface area contributed by atoms with Crippen molar-refractivity contribution in [2.24, 2.45) is 0 Å². The standard InChI is InChI=1S/C16H26N2O2/c1-2-3-11-17-12-7-8-13-18-16(19)20-14-15-9-5-4-6-10-15/h4-6,9-10,17H,2-3,7-8,11-14H2,1H3,(H,18,19). The molecule has 0 radical (unpaired) electrons. The Morgan fingerprint density at radius 3 is 2.50 bits per heavy atom. The number of carbonyl (C=O) groups is 1. The molecule has 1 aromatic carbocycles. The first-order valence-electron chi connectivity index (χ1n) is 7.48. The number of alkyl carbamates (subject to hydrolysis) is 1. The first-order chi connectivity index (χ1) is 9.83. The number of rotatable bonds is 10. The molecule has 0 saturated heterocycles. The molecule has 4 heteroatoms. The molecule has 1 rings (SSSR count). The molecule has 112 valence electrons. The minimum absolute atomic E-state index is 0.325. The van der Waals surface area contributed by atoms with Gasteiger partial charge in [-0.3, -0.25) is 0 Å². The molecular weight excluding hydrogens is 252 g/mol. The Labute approximate surface area is 121 Å². The van der Waals surface area contributed by atoms with E-state index in [4.69, 9.17) is 4.74 Å². The fourth-order valence-electron chi connectivity index (χ4n) is 1.77. The van der Waals surface area contributed by atoms with Gasteiger partial charge in [0.25, 0.3) is 0 Å². The lowest BCUT2D eigenvalue weighted by molar-refractivity contribution is 0.139. The zero-order chi connectivity index (χ0) is 14.5. The minimum atomic E-state index is -0.340. The zero-order valence-corrected chi connectivity index (χ0v) is 12.4. The van der Waals surface area contributed by atoms with Gasteiger partial charge in [-0.1, -0.05) is 43.7 Å². The molecule has 4 nitrogen and oxygen atoms in total. The van der Waals surface area contributed by atoms with E-state index >= 15 is 0 Å². The third kappa shape index (κ3) is 8.53. The summed E-state index contributed by atoms with van der Waals surface area (Å²) in [4.78, 5) is 11.4. The number of benzene rings is 1. The highest BCUT2D eigenvalue weighted by Gasteiger charge is 2.01. The summed E-state index contributed by atoms with van der Waals surface area (Å²) < 4.78 is 5.12. The maximum Gasteiger partial charge on any atom is 0.407 e. The molecule has 0 spiro atoms. The van der Waals surface area contributed by atoms with Crippen molar-refractivity contribution >= 4 is 6.09 Å². The summed E-state index contributed by atoms with van der Waals surface area (Å²) in [6, 6.07) is 9.69. The molecular formula is C16H26N2O2. The Morgan fingerprint density at radius 1 is 1.05 bits per heavy atom. The quantitative estimate of drug-likeness (QED) is 0.647. The molecule has 0 aliphatic heterocycles. The number of hydrogen-bond donors (Lipinski definition) is 2. The van der Waals surface area contributed by atoms with Crippen molar-refractivity contribution in [1.29, 1.82) is 0 Å². The van der Waals surface area contributed by atoms with Gasteiger partial charge in [0.1, 0.15) is 6.61 Å². The Morgan fingerprint density at radius 2 is 1.75 bits per heavy atom. The summed E-state index contributed by atoms with van der Waals surface area (Å²) in [6.45, 7) is 5.28. The average molecular weight is 278 g/mol. The van der Waals surface area contributed by atoms with Crippen molar-refractivity contribution in [3.8, 4) is 0 Å². The van der Waals surface area contributed by atoms with E-state index in [9.17, 15) is 4.79 Å². The highest BCUT2D eigenvalue weighted by Crippen LogP contribution is 2.00. The minimum Gasteiger partial charge on any atom is -0.445 e. The molecule has 0 aromatic heterocycles. The maximum absolute atomic E-state index is 11.4. The Bertz CT molecular complexity index is 355. The number of unbranched alkanes of at least 4 members (excludes halogenated alkanes) is 2. The van der Waals surface area contributed by atoms with Crippen LogP contribution in [0.5, 0.6) is 0 Å². The fraction of sp³-hybridized carbons (Fsp3) is 0.562. The largest absolute Gasteiger partial charge is 0.445 e. The first-order valence-corrected chi connectivity index (χ1v) is 7.48. The lowest BCUT2D eigenvalue weighted by atomic mass is 10.2. The summed E-state index contributed by atoms with van der Waals surface area (Å²) in [7, 11) is 0. The number of amides is 1. The maximum atomic E-state index is 11.4. The van der Waals surface area contributed by atoms with Crippen molar-refractivity contribution in [2.45, 2.75) is 39.2 Å². The van der Waals surface area contributed by atoms with Crippen molar-refractivity contribution in [1.82, 2.24) is 10.6 Å². The first kappa shape index (κ1) is 16.5. The van der Waals surface area contributed by atoms with E-state index in [1.807, 2.05) is 30.3 Å². The van der Waals surface area contributed by atoms with Crippen LogP contribution in [0, 0.1) is 0 Å². The summed E-state index contributed by atoms with van der Waals surface area (Å²) in [6.07, 6.45) is 4.15. The second-order valence-electron chi connectivity index (χ2n) is 4.80. The molecule has 0 heterocycles. The van der Waals surface area contributed by atoms with Crippen LogP contribution in [0.4, 0.5) is 4.79 Å². The Kier molecular flexibility index (Phi) is 9.32. The van der Waals surface area contributed by atoms with Crippen molar-refractivity contribution in [2.75, 3.05) is 19.6 Å². The molecule has 2 N–H and O–H groups in total. The molecule has 0 bridgehead atoms. The predicted molar refractivity (Wildman–Crippen MR) is 81.6 cm³/mol. The highest BCUT2D eigenvalue weighted by molar-refractivity contribution is 5.67. The fourth-order valence-corrected chi connectivity index (χ4v) is 1.77. The predicted octanol–water partition coefficient (Wildman–Crippen LogP) is 3.08. The van der Waals surface area contributed by atoms with Gasteiger partial charge in [0, 0.05) is 6.54 Å². The highest BCUT2D eigenvalue weighted by atomic mass is 16.5.